The maximum atomic E-state index is 14.0. The first kappa shape index (κ1) is 34.6. The Morgan fingerprint density at radius 1 is 1.16 bits per heavy atom. The summed E-state index contributed by atoms with van der Waals surface area (Å²) in [7, 11) is 1.63. The van der Waals surface area contributed by atoms with Crippen LogP contribution in [0.15, 0.2) is 53.3 Å². The van der Waals surface area contributed by atoms with Gasteiger partial charge in [0, 0.05) is 24.8 Å². The highest BCUT2D eigenvalue weighted by molar-refractivity contribution is 5.97. The predicted molar refractivity (Wildman–Crippen MR) is 160 cm³/mol. The van der Waals surface area contributed by atoms with Crippen molar-refractivity contribution in [2.45, 2.75) is 66.5 Å². The molecule has 1 aliphatic heterocycles. The fraction of sp³-hybridized carbons (Fsp3) is 0.406. The van der Waals surface area contributed by atoms with Crippen LogP contribution in [0, 0.1) is 35.3 Å². The largest absolute Gasteiger partial charge is 0.454 e. The van der Waals surface area contributed by atoms with Crippen molar-refractivity contribution in [2.24, 2.45) is 10.5 Å². The number of amides is 2. The number of hydrogen-bond donors (Lipinski definition) is 2. The smallest absolute Gasteiger partial charge is 0.251 e. The molecule has 2 unspecified atom stereocenters. The monoisotopic (exact) mass is 595 g/mol. The van der Waals surface area contributed by atoms with E-state index in [1.54, 1.807) is 40.8 Å². The van der Waals surface area contributed by atoms with Crippen LogP contribution in [0.5, 0.6) is 5.75 Å². The zero-order valence-electron chi connectivity index (χ0n) is 25.6. The number of nitrogens with zero attached hydrogens (tertiary/aromatic N) is 3. The van der Waals surface area contributed by atoms with E-state index in [1.807, 2.05) is 13.8 Å². The lowest BCUT2D eigenvalue weighted by atomic mass is 9.84. The van der Waals surface area contributed by atoms with Gasteiger partial charge in [0.1, 0.15) is 17.4 Å². The number of hydrazone groups is 1. The molecule has 1 saturated heterocycles. The Kier molecular flexibility index (Phi) is 12.5. The van der Waals surface area contributed by atoms with Crippen molar-refractivity contribution in [1.29, 1.82) is 5.26 Å². The summed E-state index contributed by atoms with van der Waals surface area (Å²) in [5.74, 6) is -2.14. The summed E-state index contributed by atoms with van der Waals surface area (Å²) in [4.78, 5) is 39.3. The van der Waals surface area contributed by atoms with E-state index in [0.717, 1.165) is 6.07 Å². The third kappa shape index (κ3) is 8.95. The van der Waals surface area contributed by atoms with Gasteiger partial charge in [-0.2, -0.15) is 10.4 Å². The van der Waals surface area contributed by atoms with Gasteiger partial charge in [0.2, 0.25) is 5.91 Å². The van der Waals surface area contributed by atoms with Gasteiger partial charge in [0.05, 0.1) is 35.8 Å². The average Bonchev–Trinajstić information content (AvgIpc) is 3.43. The molecule has 0 bridgehead atoms. The molecule has 1 heterocycles. The van der Waals surface area contributed by atoms with Crippen LogP contribution in [0.25, 0.3) is 0 Å². The molecule has 1 fully saturated rings. The van der Waals surface area contributed by atoms with E-state index in [0.29, 0.717) is 41.7 Å². The molecule has 0 saturated carbocycles. The van der Waals surface area contributed by atoms with Gasteiger partial charge in [-0.1, -0.05) is 13.8 Å². The molecule has 2 N–H and O–H groups in total. The highest BCUT2D eigenvalue weighted by Crippen LogP contribution is 2.43. The molecule has 230 valence electrons. The summed E-state index contributed by atoms with van der Waals surface area (Å²) >= 11 is 0. The number of carbonyl (C=O) groups excluding carboxylic acids is 3. The molecule has 43 heavy (non-hydrogen) atoms. The van der Waals surface area contributed by atoms with Crippen molar-refractivity contribution >= 4 is 23.8 Å². The third-order valence-electron chi connectivity index (χ3n) is 6.88. The number of likely N-dealkylation sites (tertiary alicyclic amines) is 1. The average molecular weight is 596 g/mol. The topological polar surface area (TPSA) is 124 Å². The summed E-state index contributed by atoms with van der Waals surface area (Å²) < 4.78 is 33.6. The first-order valence-electron chi connectivity index (χ1n) is 14.0. The number of aldehydes is 1. The quantitative estimate of drug-likeness (QED) is 0.125. The Hall–Kier alpha value is -4.59. The van der Waals surface area contributed by atoms with E-state index in [2.05, 4.69) is 21.9 Å². The lowest BCUT2D eigenvalue weighted by molar-refractivity contribution is -0.134. The molecule has 1 aliphatic rings. The molecular weight excluding hydrogens is 556 g/mol. The van der Waals surface area contributed by atoms with Gasteiger partial charge in [-0.3, -0.25) is 14.4 Å². The maximum Gasteiger partial charge on any atom is 0.251 e. The molecule has 2 atom stereocenters. The summed E-state index contributed by atoms with van der Waals surface area (Å²) in [5, 5.41) is 16.3. The second-order valence-electron chi connectivity index (χ2n) is 10.4. The molecule has 0 aliphatic carbocycles. The summed E-state index contributed by atoms with van der Waals surface area (Å²) in [5.41, 5.74) is 3.33. The molecule has 0 spiro atoms. The van der Waals surface area contributed by atoms with E-state index < -0.39 is 40.9 Å². The van der Waals surface area contributed by atoms with Gasteiger partial charge in [-0.05, 0) is 82.0 Å². The van der Waals surface area contributed by atoms with Gasteiger partial charge in [0.15, 0.2) is 12.0 Å². The summed E-state index contributed by atoms with van der Waals surface area (Å²) in [6, 6.07) is 8.76. The van der Waals surface area contributed by atoms with Crippen molar-refractivity contribution in [3.63, 3.8) is 0 Å². The van der Waals surface area contributed by atoms with Crippen LogP contribution < -0.4 is 15.5 Å². The highest BCUT2D eigenvalue weighted by Gasteiger charge is 2.45. The minimum Gasteiger partial charge on any atom is -0.454 e. The van der Waals surface area contributed by atoms with Crippen molar-refractivity contribution in [3.8, 4) is 11.8 Å². The number of allylic oxidation sites excluding steroid dienone is 2. The minimum absolute atomic E-state index is 0.0283. The van der Waals surface area contributed by atoms with Crippen LogP contribution in [-0.4, -0.2) is 48.3 Å². The Balaban J connectivity index is 0.00000316. The minimum atomic E-state index is -0.931. The zero-order valence-corrected chi connectivity index (χ0v) is 25.6. The SMILES string of the molecule is CC.CN/N=C(C)\C=C(/C=O)Oc1ccc(C(=O)NCC(=O)N2C(c3cc(F)cc(F)c3)CCC2C(C)(C)C#N)cc1C. The van der Waals surface area contributed by atoms with Crippen LogP contribution in [0.4, 0.5) is 8.78 Å². The summed E-state index contributed by atoms with van der Waals surface area (Å²) in [6.07, 6.45) is 2.88. The number of ether oxygens (including phenoxy) is 1. The molecule has 2 aromatic rings. The Morgan fingerprint density at radius 2 is 1.81 bits per heavy atom. The number of carbonyl (C=O) groups is 3. The van der Waals surface area contributed by atoms with Crippen molar-refractivity contribution in [3.05, 3.63) is 76.6 Å². The molecule has 0 aromatic heterocycles. The zero-order chi connectivity index (χ0) is 32.3. The Labute approximate surface area is 251 Å². The number of halogens is 2. The fourth-order valence-corrected chi connectivity index (χ4v) is 4.92. The molecule has 11 heteroatoms. The highest BCUT2D eigenvalue weighted by atomic mass is 19.1. The normalized spacial score (nSPS) is 16.9. The van der Waals surface area contributed by atoms with E-state index >= 15 is 0 Å². The van der Waals surface area contributed by atoms with E-state index in [4.69, 9.17) is 4.74 Å². The van der Waals surface area contributed by atoms with Crippen LogP contribution >= 0.6 is 0 Å². The maximum absolute atomic E-state index is 14.0. The van der Waals surface area contributed by atoms with Gasteiger partial charge >= 0.3 is 0 Å². The van der Waals surface area contributed by atoms with E-state index in [1.165, 1.54) is 35.2 Å². The standard InChI is InChI=1S/C30H33F2N5O4.C2H6/c1-18-10-20(6-8-26(18)41-24(16-38)11-19(2)36-34-5)29(40)35-15-28(39)37-25(7-9-27(37)30(3,4)17-33)21-12-22(31)14-23(32)13-21;1-2/h6,8,10-14,16,25,27,34H,7,9,15H2,1-5H3,(H,35,40);1-2H3/b24-11+,36-19-;. The van der Waals surface area contributed by atoms with Gasteiger partial charge in [-0.15, -0.1) is 0 Å². The number of benzene rings is 2. The lowest BCUT2D eigenvalue weighted by Gasteiger charge is -2.36. The molecular formula is C32H39F2N5O4. The van der Waals surface area contributed by atoms with Crippen LogP contribution in [0.1, 0.15) is 75.0 Å². The van der Waals surface area contributed by atoms with Crippen molar-refractivity contribution in [2.75, 3.05) is 13.6 Å². The second kappa shape index (κ2) is 15.6. The molecule has 9 nitrogen and oxygen atoms in total. The fourth-order valence-electron chi connectivity index (χ4n) is 4.92. The summed E-state index contributed by atoms with van der Waals surface area (Å²) in [6.45, 7) is 10.4. The Bertz CT molecular complexity index is 1410. The van der Waals surface area contributed by atoms with Crippen LogP contribution in [0.2, 0.25) is 0 Å². The predicted octanol–water partition coefficient (Wildman–Crippen LogP) is 5.37. The number of hydrogen-bond acceptors (Lipinski definition) is 7. The van der Waals surface area contributed by atoms with Gasteiger partial charge < -0.3 is 20.4 Å². The number of nitrogens with one attached hydrogen (secondary N) is 2. The number of aryl methyl sites for hydroxylation is 1. The van der Waals surface area contributed by atoms with Crippen LogP contribution in [-0.2, 0) is 9.59 Å². The first-order valence-corrected chi connectivity index (χ1v) is 14.0. The van der Waals surface area contributed by atoms with Gasteiger partial charge in [0.25, 0.3) is 5.91 Å². The van der Waals surface area contributed by atoms with Crippen LogP contribution in [0.3, 0.4) is 0 Å². The lowest BCUT2D eigenvalue weighted by Crippen LogP contribution is -2.48. The number of nitriles is 1. The molecule has 2 aromatic carbocycles. The molecule has 3 rings (SSSR count). The third-order valence-corrected chi connectivity index (χ3v) is 6.88. The van der Waals surface area contributed by atoms with E-state index in [-0.39, 0.29) is 17.9 Å². The molecule has 0 radical (unpaired) electrons. The number of rotatable bonds is 10. The second-order valence-corrected chi connectivity index (χ2v) is 10.4. The van der Waals surface area contributed by atoms with Crippen molar-refractivity contribution < 1.29 is 27.9 Å². The van der Waals surface area contributed by atoms with Crippen molar-refractivity contribution in [1.82, 2.24) is 15.6 Å². The van der Waals surface area contributed by atoms with E-state index in [9.17, 15) is 28.4 Å². The first-order chi connectivity index (χ1) is 20.4. The van der Waals surface area contributed by atoms with Gasteiger partial charge in [-0.25, -0.2) is 8.78 Å². The molecule has 2 amide bonds. The Morgan fingerprint density at radius 3 is 2.37 bits per heavy atom.